The lowest BCUT2D eigenvalue weighted by molar-refractivity contribution is -0.305. The number of benzene rings is 1. The highest BCUT2D eigenvalue weighted by atomic mass is 16.7. The van der Waals surface area contributed by atoms with Gasteiger partial charge in [-0.25, -0.2) is 0 Å². The highest BCUT2D eigenvalue weighted by molar-refractivity contribution is 5.67. The molecule has 1 aliphatic rings. The SMILES string of the molecule is C=CCO[C@H]1O[C@H](COCc2ccccc2)[C@@H](O)[C@H](OC(C)=O)[C@H]1OC(C)=O. The summed E-state index contributed by atoms with van der Waals surface area (Å²) in [5, 5.41) is 10.7. The Morgan fingerprint density at radius 1 is 1.14 bits per heavy atom. The maximum atomic E-state index is 11.5. The van der Waals surface area contributed by atoms with Crippen LogP contribution in [0.4, 0.5) is 0 Å². The average molecular weight is 394 g/mol. The maximum Gasteiger partial charge on any atom is 0.303 e. The molecule has 0 aliphatic carbocycles. The van der Waals surface area contributed by atoms with Gasteiger partial charge in [-0.15, -0.1) is 6.58 Å². The molecular formula is C20H26O8. The normalized spacial score (nSPS) is 27.0. The van der Waals surface area contributed by atoms with Crippen LogP contribution in [0.15, 0.2) is 43.0 Å². The van der Waals surface area contributed by atoms with Gasteiger partial charge in [0.05, 0.1) is 19.8 Å². The van der Waals surface area contributed by atoms with Crippen LogP contribution in [0.1, 0.15) is 19.4 Å². The van der Waals surface area contributed by atoms with Gasteiger partial charge in [-0.05, 0) is 5.56 Å². The van der Waals surface area contributed by atoms with Crippen molar-refractivity contribution >= 4 is 11.9 Å². The van der Waals surface area contributed by atoms with Crippen molar-refractivity contribution in [2.24, 2.45) is 0 Å². The van der Waals surface area contributed by atoms with Crippen molar-refractivity contribution < 1.29 is 38.4 Å². The summed E-state index contributed by atoms with van der Waals surface area (Å²) in [6, 6.07) is 9.51. The van der Waals surface area contributed by atoms with Crippen LogP contribution >= 0.6 is 0 Å². The molecule has 1 saturated heterocycles. The van der Waals surface area contributed by atoms with Gasteiger partial charge in [0.15, 0.2) is 18.5 Å². The van der Waals surface area contributed by atoms with E-state index < -0.39 is 42.6 Å². The van der Waals surface area contributed by atoms with Gasteiger partial charge in [0, 0.05) is 13.8 Å². The Balaban J connectivity index is 2.10. The lowest BCUT2D eigenvalue weighted by Crippen LogP contribution is -2.61. The minimum Gasteiger partial charge on any atom is -0.455 e. The zero-order valence-electron chi connectivity index (χ0n) is 16.0. The quantitative estimate of drug-likeness (QED) is 0.495. The first-order valence-corrected chi connectivity index (χ1v) is 8.94. The highest BCUT2D eigenvalue weighted by Crippen LogP contribution is 2.27. The van der Waals surface area contributed by atoms with E-state index >= 15 is 0 Å². The van der Waals surface area contributed by atoms with Crippen molar-refractivity contribution in [3.8, 4) is 0 Å². The van der Waals surface area contributed by atoms with Crippen LogP contribution in [0.3, 0.4) is 0 Å². The number of ether oxygens (including phenoxy) is 5. The van der Waals surface area contributed by atoms with Crippen LogP contribution in [0.2, 0.25) is 0 Å². The number of aliphatic hydroxyl groups is 1. The largest absolute Gasteiger partial charge is 0.455 e. The fraction of sp³-hybridized carbons (Fsp3) is 0.500. The first-order chi connectivity index (χ1) is 13.4. The Morgan fingerprint density at radius 2 is 1.79 bits per heavy atom. The third-order valence-corrected chi connectivity index (χ3v) is 3.99. The molecule has 0 spiro atoms. The van der Waals surface area contributed by atoms with Gasteiger partial charge < -0.3 is 28.8 Å². The first-order valence-electron chi connectivity index (χ1n) is 8.94. The molecule has 1 aliphatic heterocycles. The van der Waals surface area contributed by atoms with Crippen molar-refractivity contribution in [3.63, 3.8) is 0 Å². The molecule has 0 aromatic heterocycles. The minimum absolute atomic E-state index is 0.0224. The average Bonchev–Trinajstić information content (AvgIpc) is 2.65. The fourth-order valence-corrected chi connectivity index (χ4v) is 2.84. The van der Waals surface area contributed by atoms with Gasteiger partial charge in [-0.2, -0.15) is 0 Å². The molecule has 1 aromatic carbocycles. The second-order valence-corrected chi connectivity index (χ2v) is 6.30. The molecule has 1 aromatic rings. The van der Waals surface area contributed by atoms with E-state index in [1.807, 2.05) is 30.3 Å². The Hall–Kier alpha value is -2.26. The van der Waals surface area contributed by atoms with E-state index in [9.17, 15) is 14.7 Å². The van der Waals surface area contributed by atoms with E-state index in [1.165, 1.54) is 19.9 Å². The lowest BCUT2D eigenvalue weighted by atomic mass is 9.98. The summed E-state index contributed by atoms with van der Waals surface area (Å²) in [5.74, 6) is -1.25. The summed E-state index contributed by atoms with van der Waals surface area (Å²) in [7, 11) is 0. The third kappa shape index (κ3) is 6.42. The van der Waals surface area contributed by atoms with Gasteiger partial charge >= 0.3 is 11.9 Å². The first kappa shape index (κ1) is 22.0. The van der Waals surface area contributed by atoms with Crippen molar-refractivity contribution in [3.05, 3.63) is 48.6 Å². The summed E-state index contributed by atoms with van der Waals surface area (Å²) >= 11 is 0. The Bertz CT molecular complexity index is 647. The van der Waals surface area contributed by atoms with Gasteiger partial charge in [-0.3, -0.25) is 9.59 Å². The van der Waals surface area contributed by atoms with Crippen molar-refractivity contribution in [2.45, 2.75) is 51.2 Å². The van der Waals surface area contributed by atoms with Crippen LogP contribution in [-0.2, 0) is 39.9 Å². The number of rotatable bonds is 9. The van der Waals surface area contributed by atoms with E-state index in [4.69, 9.17) is 23.7 Å². The predicted octanol–water partition coefficient (Wildman–Crippen LogP) is 1.35. The molecular weight excluding hydrogens is 368 g/mol. The second kappa shape index (κ2) is 10.9. The number of hydrogen-bond donors (Lipinski definition) is 1. The lowest BCUT2D eigenvalue weighted by Gasteiger charge is -2.42. The van der Waals surface area contributed by atoms with Crippen LogP contribution in [-0.4, -0.2) is 61.0 Å². The van der Waals surface area contributed by atoms with Gasteiger partial charge in [0.2, 0.25) is 0 Å². The van der Waals surface area contributed by atoms with Crippen LogP contribution < -0.4 is 0 Å². The zero-order valence-corrected chi connectivity index (χ0v) is 16.0. The molecule has 1 fully saturated rings. The van der Waals surface area contributed by atoms with Crippen molar-refractivity contribution in [1.82, 2.24) is 0 Å². The van der Waals surface area contributed by atoms with E-state index in [-0.39, 0.29) is 13.2 Å². The van der Waals surface area contributed by atoms with E-state index in [1.54, 1.807) is 0 Å². The number of esters is 2. The Kier molecular flexibility index (Phi) is 8.59. The third-order valence-electron chi connectivity index (χ3n) is 3.99. The molecule has 8 nitrogen and oxygen atoms in total. The molecule has 2 rings (SSSR count). The number of hydrogen-bond acceptors (Lipinski definition) is 8. The summed E-state index contributed by atoms with van der Waals surface area (Å²) in [6.07, 6.45) is -3.96. The standard InChI is InChI=1S/C20H26O8/c1-4-10-25-20-19(27-14(3)22)18(26-13(2)21)17(23)16(28-20)12-24-11-15-8-6-5-7-9-15/h4-9,16-20,23H,1,10-12H2,2-3H3/t16-,17-,18+,19-,20+/m1/s1. The molecule has 1 N–H and O–H groups in total. The molecule has 0 amide bonds. The monoisotopic (exact) mass is 394 g/mol. The van der Waals surface area contributed by atoms with Gasteiger partial charge in [0.25, 0.3) is 0 Å². The predicted molar refractivity (Wildman–Crippen MR) is 98.0 cm³/mol. The number of carbonyl (C=O) groups is 2. The topological polar surface area (TPSA) is 101 Å². The molecule has 0 unspecified atom stereocenters. The Morgan fingerprint density at radius 3 is 2.39 bits per heavy atom. The second-order valence-electron chi connectivity index (χ2n) is 6.30. The highest BCUT2D eigenvalue weighted by Gasteiger charge is 2.49. The molecule has 8 heteroatoms. The molecule has 154 valence electrons. The molecule has 0 saturated carbocycles. The van der Waals surface area contributed by atoms with E-state index in [0.29, 0.717) is 6.61 Å². The molecule has 0 bridgehead atoms. The molecule has 0 radical (unpaired) electrons. The summed E-state index contributed by atoms with van der Waals surface area (Å²) < 4.78 is 27.3. The zero-order chi connectivity index (χ0) is 20.5. The van der Waals surface area contributed by atoms with E-state index in [0.717, 1.165) is 5.56 Å². The number of carbonyl (C=O) groups excluding carboxylic acids is 2. The van der Waals surface area contributed by atoms with Crippen LogP contribution in [0.5, 0.6) is 0 Å². The fourth-order valence-electron chi connectivity index (χ4n) is 2.84. The minimum atomic E-state index is -1.27. The van der Waals surface area contributed by atoms with Crippen molar-refractivity contribution in [2.75, 3.05) is 13.2 Å². The Labute approximate surface area is 164 Å². The summed E-state index contributed by atoms with van der Waals surface area (Å²) in [6.45, 7) is 6.43. The van der Waals surface area contributed by atoms with Crippen LogP contribution in [0.25, 0.3) is 0 Å². The maximum absolute atomic E-state index is 11.5. The van der Waals surface area contributed by atoms with Crippen molar-refractivity contribution in [1.29, 1.82) is 0 Å². The van der Waals surface area contributed by atoms with Gasteiger partial charge in [0.1, 0.15) is 12.2 Å². The smallest absolute Gasteiger partial charge is 0.303 e. The number of aliphatic hydroxyl groups excluding tert-OH is 1. The summed E-state index contributed by atoms with van der Waals surface area (Å²) in [4.78, 5) is 23.0. The molecule has 5 atom stereocenters. The van der Waals surface area contributed by atoms with Gasteiger partial charge in [-0.1, -0.05) is 36.4 Å². The molecule has 28 heavy (non-hydrogen) atoms. The van der Waals surface area contributed by atoms with E-state index in [2.05, 4.69) is 6.58 Å². The van der Waals surface area contributed by atoms with Crippen LogP contribution in [0, 0.1) is 0 Å². The summed E-state index contributed by atoms with van der Waals surface area (Å²) in [5.41, 5.74) is 0.960. The molecule has 1 heterocycles.